The van der Waals surface area contributed by atoms with Crippen LogP contribution in [0.5, 0.6) is 0 Å². The molecule has 0 spiro atoms. The summed E-state index contributed by atoms with van der Waals surface area (Å²) in [5.74, 6) is -2.05. The molecule has 3 aromatic heterocycles. The summed E-state index contributed by atoms with van der Waals surface area (Å²) in [6, 6.07) is 14.7. The molecule has 2 amide bonds. The molecule has 0 fully saturated rings. The molecule has 0 aliphatic heterocycles. The smallest absolute Gasteiger partial charge is 0.365 e. The summed E-state index contributed by atoms with van der Waals surface area (Å²) in [5, 5.41) is 11.1. The van der Waals surface area contributed by atoms with Crippen LogP contribution in [0.2, 0.25) is 5.02 Å². The highest BCUT2D eigenvalue weighted by Crippen LogP contribution is 2.33. The largest absolute Gasteiger partial charge is 0.435 e. The highest BCUT2D eigenvalue weighted by atomic mass is 35.5. The number of benzene rings is 2. The predicted molar refractivity (Wildman–Crippen MR) is 138 cm³/mol. The SMILES string of the molecule is Cc1cc2cn(Cc3ccccc3)nc2c(C(N)=O)c1NC(=O)c1cc(C(F)(F)F)nn1-c1ncccc1Cl. The molecule has 3 heterocycles. The van der Waals surface area contributed by atoms with E-state index in [0.29, 0.717) is 28.2 Å². The van der Waals surface area contributed by atoms with Crippen LogP contribution in [0.3, 0.4) is 0 Å². The Bertz CT molecular complexity index is 1730. The number of rotatable bonds is 6. The van der Waals surface area contributed by atoms with E-state index in [0.717, 1.165) is 5.56 Å². The lowest BCUT2D eigenvalue weighted by Crippen LogP contribution is -2.22. The molecule has 3 N–H and O–H groups in total. The number of anilines is 1. The maximum atomic E-state index is 13.5. The first-order chi connectivity index (χ1) is 18.5. The third kappa shape index (κ3) is 5.06. The number of fused-ring (bicyclic) bond motifs is 1. The Morgan fingerprint density at radius 3 is 2.49 bits per heavy atom. The lowest BCUT2D eigenvalue weighted by atomic mass is 10.0. The van der Waals surface area contributed by atoms with Gasteiger partial charge in [-0.1, -0.05) is 41.9 Å². The number of pyridine rings is 1. The van der Waals surface area contributed by atoms with E-state index in [2.05, 4.69) is 20.5 Å². The number of carbonyl (C=O) groups is 2. The lowest BCUT2D eigenvalue weighted by molar-refractivity contribution is -0.141. The van der Waals surface area contributed by atoms with Crippen LogP contribution in [0, 0.1) is 6.92 Å². The van der Waals surface area contributed by atoms with Crippen LogP contribution >= 0.6 is 11.6 Å². The first kappa shape index (κ1) is 25.9. The van der Waals surface area contributed by atoms with Crippen molar-refractivity contribution in [2.75, 3.05) is 5.32 Å². The predicted octanol–water partition coefficient (Wildman–Crippen LogP) is 5.00. The number of aryl methyl sites for hydroxylation is 1. The molecular formula is C26H19ClF3N7O2. The second-order valence-electron chi connectivity index (χ2n) is 8.65. The van der Waals surface area contributed by atoms with E-state index in [1.165, 1.54) is 18.3 Å². The van der Waals surface area contributed by atoms with E-state index in [1.807, 2.05) is 30.3 Å². The van der Waals surface area contributed by atoms with Crippen LogP contribution < -0.4 is 11.1 Å². The second kappa shape index (κ2) is 9.87. The zero-order valence-corrected chi connectivity index (χ0v) is 21.0. The Kier molecular flexibility index (Phi) is 6.56. The van der Waals surface area contributed by atoms with Crippen LogP contribution in [0.15, 0.2) is 67.0 Å². The number of halogens is 4. The van der Waals surface area contributed by atoms with Crippen LogP contribution in [0.25, 0.3) is 16.7 Å². The van der Waals surface area contributed by atoms with Crippen molar-refractivity contribution in [3.05, 3.63) is 100 Å². The summed E-state index contributed by atoms with van der Waals surface area (Å²) >= 11 is 6.13. The van der Waals surface area contributed by atoms with E-state index in [-0.39, 0.29) is 27.6 Å². The minimum Gasteiger partial charge on any atom is -0.365 e. The molecule has 0 saturated heterocycles. The number of aromatic nitrogens is 5. The maximum absolute atomic E-state index is 13.5. The number of hydrogen-bond acceptors (Lipinski definition) is 5. The third-order valence-electron chi connectivity index (χ3n) is 5.89. The van der Waals surface area contributed by atoms with Gasteiger partial charge in [0.1, 0.15) is 11.2 Å². The van der Waals surface area contributed by atoms with Gasteiger partial charge in [0.25, 0.3) is 11.8 Å². The maximum Gasteiger partial charge on any atom is 0.435 e. The van der Waals surface area contributed by atoms with Crippen LogP contribution in [0.1, 0.15) is 37.7 Å². The van der Waals surface area contributed by atoms with Crippen molar-refractivity contribution in [1.29, 1.82) is 0 Å². The molecule has 0 aliphatic rings. The third-order valence-corrected chi connectivity index (χ3v) is 6.18. The Hall–Kier alpha value is -4.71. The molecule has 5 rings (SSSR count). The fourth-order valence-corrected chi connectivity index (χ4v) is 4.37. The molecule has 0 radical (unpaired) electrons. The van der Waals surface area contributed by atoms with Crippen molar-refractivity contribution in [1.82, 2.24) is 24.5 Å². The van der Waals surface area contributed by atoms with E-state index in [9.17, 15) is 22.8 Å². The zero-order valence-electron chi connectivity index (χ0n) is 20.2. The molecule has 13 heteroatoms. The van der Waals surface area contributed by atoms with E-state index in [4.69, 9.17) is 17.3 Å². The Morgan fingerprint density at radius 2 is 1.82 bits per heavy atom. The van der Waals surface area contributed by atoms with Crippen molar-refractivity contribution in [2.45, 2.75) is 19.6 Å². The molecule has 9 nitrogen and oxygen atoms in total. The molecule has 0 atom stereocenters. The summed E-state index contributed by atoms with van der Waals surface area (Å²) in [5.41, 5.74) is 5.45. The van der Waals surface area contributed by atoms with Gasteiger partial charge in [0.05, 0.1) is 22.8 Å². The number of alkyl halides is 3. The molecule has 5 aromatic rings. The molecule has 198 valence electrons. The molecule has 2 aromatic carbocycles. The van der Waals surface area contributed by atoms with Crippen molar-refractivity contribution < 1.29 is 22.8 Å². The standard InChI is InChI=1S/C26H19ClF3N7O2/c1-14-10-16-13-36(12-15-6-3-2-4-7-15)35-22(16)20(23(31)38)21(14)33-25(39)18-11-19(26(28,29)30)34-37(18)24-17(27)8-5-9-32-24/h2-11,13H,12H2,1H3,(H2,31,38)(H,33,39). The van der Waals surface area contributed by atoms with Gasteiger partial charge in [-0.15, -0.1) is 0 Å². The Balaban J connectivity index is 1.58. The van der Waals surface area contributed by atoms with Crippen molar-refractivity contribution in [3.8, 4) is 5.82 Å². The first-order valence-corrected chi connectivity index (χ1v) is 11.8. The van der Waals surface area contributed by atoms with Gasteiger partial charge < -0.3 is 11.1 Å². The highest BCUT2D eigenvalue weighted by molar-refractivity contribution is 6.32. The molecular weight excluding hydrogens is 535 g/mol. The number of nitrogens with two attached hydrogens (primary N) is 1. The van der Waals surface area contributed by atoms with Crippen LogP contribution in [-0.4, -0.2) is 36.4 Å². The number of amides is 2. The van der Waals surface area contributed by atoms with E-state index < -0.39 is 29.4 Å². The Morgan fingerprint density at radius 1 is 1.08 bits per heavy atom. The summed E-state index contributed by atoms with van der Waals surface area (Å²) in [7, 11) is 0. The number of carbonyl (C=O) groups excluding carboxylic acids is 2. The fraction of sp³-hybridized carbons (Fsp3) is 0.115. The summed E-state index contributed by atoms with van der Waals surface area (Å²) < 4.78 is 42.9. The fourth-order valence-electron chi connectivity index (χ4n) is 4.16. The molecule has 39 heavy (non-hydrogen) atoms. The normalized spacial score (nSPS) is 11.6. The number of primary amides is 1. The molecule has 0 bridgehead atoms. The second-order valence-corrected chi connectivity index (χ2v) is 9.05. The first-order valence-electron chi connectivity index (χ1n) is 11.5. The summed E-state index contributed by atoms with van der Waals surface area (Å²) in [6.07, 6.45) is -1.81. The van der Waals surface area contributed by atoms with Crippen LogP contribution in [-0.2, 0) is 12.7 Å². The van der Waals surface area contributed by atoms with E-state index in [1.54, 1.807) is 23.9 Å². The summed E-state index contributed by atoms with van der Waals surface area (Å²) in [6.45, 7) is 2.04. The van der Waals surface area contributed by atoms with Gasteiger partial charge in [-0.3, -0.25) is 14.3 Å². The van der Waals surface area contributed by atoms with Gasteiger partial charge in [-0.25, -0.2) is 9.67 Å². The van der Waals surface area contributed by atoms with Gasteiger partial charge in [0.2, 0.25) is 0 Å². The molecule has 0 aliphatic carbocycles. The topological polar surface area (TPSA) is 121 Å². The Labute approximate surface area is 224 Å². The number of hydrogen-bond donors (Lipinski definition) is 2. The minimum atomic E-state index is -4.85. The average Bonchev–Trinajstić information content (AvgIpc) is 3.49. The van der Waals surface area contributed by atoms with Gasteiger partial charge in [0.15, 0.2) is 11.5 Å². The molecule has 0 saturated carbocycles. The van der Waals surface area contributed by atoms with Gasteiger partial charge >= 0.3 is 6.18 Å². The monoisotopic (exact) mass is 553 g/mol. The van der Waals surface area contributed by atoms with Gasteiger partial charge in [0, 0.05) is 23.8 Å². The zero-order chi connectivity index (χ0) is 27.9. The van der Waals surface area contributed by atoms with E-state index >= 15 is 0 Å². The summed E-state index contributed by atoms with van der Waals surface area (Å²) in [4.78, 5) is 29.9. The van der Waals surface area contributed by atoms with Crippen molar-refractivity contribution in [3.63, 3.8) is 0 Å². The van der Waals surface area contributed by atoms with Crippen molar-refractivity contribution >= 4 is 40.0 Å². The highest BCUT2D eigenvalue weighted by Gasteiger charge is 2.37. The number of nitrogens with zero attached hydrogens (tertiary/aromatic N) is 5. The average molecular weight is 554 g/mol. The lowest BCUT2D eigenvalue weighted by Gasteiger charge is -2.14. The molecule has 0 unspecified atom stereocenters. The minimum absolute atomic E-state index is 0.0124. The quantitative estimate of drug-likeness (QED) is 0.307. The van der Waals surface area contributed by atoms with Gasteiger partial charge in [-0.2, -0.15) is 23.4 Å². The van der Waals surface area contributed by atoms with Crippen LogP contribution in [0.4, 0.5) is 18.9 Å². The van der Waals surface area contributed by atoms with Crippen molar-refractivity contribution in [2.24, 2.45) is 5.73 Å². The van der Waals surface area contributed by atoms with Gasteiger partial charge in [-0.05, 0) is 36.2 Å². The number of nitrogens with one attached hydrogen (secondary N) is 1.